The highest BCUT2D eigenvalue weighted by molar-refractivity contribution is 7.91. The van der Waals surface area contributed by atoms with Crippen molar-refractivity contribution in [3.05, 3.63) is 53.2 Å². The van der Waals surface area contributed by atoms with Crippen LogP contribution in [0.2, 0.25) is 0 Å². The van der Waals surface area contributed by atoms with Gasteiger partial charge in [-0.2, -0.15) is 0 Å². The van der Waals surface area contributed by atoms with E-state index in [1.807, 2.05) is 11.5 Å². The van der Waals surface area contributed by atoms with Gasteiger partial charge in [0, 0.05) is 29.1 Å². The van der Waals surface area contributed by atoms with Crippen LogP contribution in [0.1, 0.15) is 40.0 Å². The number of ether oxygens (including phenoxy) is 1. The smallest absolute Gasteiger partial charge is 0.331 e. The molecule has 0 aliphatic carbocycles. The number of nitrogens with zero attached hydrogens (tertiary/aromatic N) is 1. The zero-order chi connectivity index (χ0) is 19.6. The molecule has 1 fully saturated rings. The van der Waals surface area contributed by atoms with Crippen molar-refractivity contribution in [3.63, 3.8) is 0 Å². The number of sulfone groups is 1. The molecule has 0 saturated carbocycles. The number of hydrogen-bond donors (Lipinski definition) is 0. The molecule has 0 radical (unpaired) electrons. The normalized spacial score (nSPS) is 18.8. The number of aromatic nitrogens is 1. The first kappa shape index (κ1) is 19.2. The molecule has 0 amide bonds. The van der Waals surface area contributed by atoms with E-state index in [-0.39, 0.29) is 29.9 Å². The summed E-state index contributed by atoms with van der Waals surface area (Å²) in [5, 5.41) is 0. The molecule has 1 saturated heterocycles. The molecule has 2 aromatic heterocycles. The zero-order valence-corrected chi connectivity index (χ0v) is 16.0. The molecule has 0 unspecified atom stereocenters. The van der Waals surface area contributed by atoms with Gasteiger partial charge in [-0.25, -0.2) is 13.2 Å². The Morgan fingerprint density at radius 2 is 2.15 bits per heavy atom. The molecule has 0 bridgehead atoms. The molecule has 0 spiro atoms. The van der Waals surface area contributed by atoms with E-state index in [0.29, 0.717) is 23.4 Å². The van der Waals surface area contributed by atoms with E-state index in [1.165, 1.54) is 18.4 Å². The first-order chi connectivity index (χ1) is 12.8. The summed E-state index contributed by atoms with van der Waals surface area (Å²) >= 11 is 0. The summed E-state index contributed by atoms with van der Waals surface area (Å²) in [5.41, 5.74) is 1.96. The Morgan fingerprint density at radius 1 is 1.37 bits per heavy atom. The van der Waals surface area contributed by atoms with Crippen LogP contribution in [0.15, 0.2) is 35.0 Å². The van der Waals surface area contributed by atoms with Gasteiger partial charge < -0.3 is 13.7 Å². The van der Waals surface area contributed by atoms with Gasteiger partial charge in [-0.3, -0.25) is 4.79 Å². The van der Waals surface area contributed by atoms with Crippen molar-refractivity contribution in [2.24, 2.45) is 0 Å². The number of aryl methyl sites for hydroxylation is 1. The van der Waals surface area contributed by atoms with Crippen LogP contribution in [0.5, 0.6) is 0 Å². The monoisotopic (exact) mass is 391 g/mol. The summed E-state index contributed by atoms with van der Waals surface area (Å²) in [5.74, 6) is -0.208. The van der Waals surface area contributed by atoms with Crippen molar-refractivity contribution >= 4 is 27.7 Å². The molecule has 144 valence electrons. The second-order valence-electron chi connectivity index (χ2n) is 6.59. The van der Waals surface area contributed by atoms with Gasteiger partial charge in [-0.1, -0.05) is 0 Å². The van der Waals surface area contributed by atoms with E-state index >= 15 is 0 Å². The average Bonchev–Trinajstić information content (AvgIpc) is 3.31. The van der Waals surface area contributed by atoms with Crippen molar-refractivity contribution in [1.82, 2.24) is 4.57 Å². The van der Waals surface area contributed by atoms with Crippen molar-refractivity contribution in [3.8, 4) is 0 Å². The lowest BCUT2D eigenvalue weighted by atomic mass is 10.1. The third kappa shape index (κ3) is 4.39. The van der Waals surface area contributed by atoms with Crippen LogP contribution in [0.4, 0.5) is 0 Å². The Bertz CT molecular complexity index is 982. The summed E-state index contributed by atoms with van der Waals surface area (Å²) in [6.45, 7) is 3.24. The van der Waals surface area contributed by atoms with Crippen LogP contribution in [0, 0.1) is 13.8 Å². The van der Waals surface area contributed by atoms with Gasteiger partial charge in [-0.15, -0.1) is 0 Å². The first-order valence-corrected chi connectivity index (χ1v) is 10.4. The van der Waals surface area contributed by atoms with Gasteiger partial charge in [-0.05, 0) is 44.5 Å². The molecule has 27 heavy (non-hydrogen) atoms. The highest BCUT2D eigenvalue weighted by Crippen LogP contribution is 2.29. The predicted molar refractivity (Wildman–Crippen MR) is 99.2 cm³/mol. The van der Waals surface area contributed by atoms with Crippen molar-refractivity contribution < 1.29 is 27.2 Å². The summed E-state index contributed by atoms with van der Waals surface area (Å²) in [4.78, 5) is 24.2. The summed E-state index contributed by atoms with van der Waals surface area (Å²) in [6, 6.07) is 4.94. The largest absolute Gasteiger partial charge is 0.465 e. The fourth-order valence-corrected chi connectivity index (χ4v) is 5.10. The Labute approximate surface area is 157 Å². The number of furan rings is 1. The van der Waals surface area contributed by atoms with E-state index in [0.717, 1.165) is 5.69 Å². The third-order valence-electron chi connectivity index (χ3n) is 4.63. The van der Waals surface area contributed by atoms with E-state index in [2.05, 4.69) is 0 Å². The van der Waals surface area contributed by atoms with Gasteiger partial charge in [0.15, 0.2) is 16.4 Å². The van der Waals surface area contributed by atoms with Crippen LogP contribution in [-0.2, 0) is 19.4 Å². The van der Waals surface area contributed by atoms with Gasteiger partial charge in [0.05, 0.1) is 17.8 Å². The Hall–Kier alpha value is -2.61. The molecule has 1 aliphatic rings. The number of rotatable bonds is 6. The van der Waals surface area contributed by atoms with Crippen molar-refractivity contribution in [1.29, 1.82) is 0 Å². The molecular weight excluding hydrogens is 370 g/mol. The van der Waals surface area contributed by atoms with Crippen molar-refractivity contribution in [2.75, 3.05) is 18.1 Å². The molecule has 0 N–H and O–H groups in total. The number of esters is 1. The summed E-state index contributed by atoms with van der Waals surface area (Å²) in [6.07, 6.45) is 4.68. The minimum Gasteiger partial charge on any atom is -0.465 e. The highest BCUT2D eigenvalue weighted by atomic mass is 32.2. The van der Waals surface area contributed by atoms with E-state index in [1.54, 1.807) is 25.1 Å². The molecule has 1 aliphatic heterocycles. The van der Waals surface area contributed by atoms with E-state index in [9.17, 15) is 18.0 Å². The lowest BCUT2D eigenvalue weighted by molar-refractivity contribution is -0.136. The second kappa shape index (κ2) is 7.56. The number of hydrogen-bond acceptors (Lipinski definition) is 6. The fourth-order valence-electron chi connectivity index (χ4n) is 3.40. The minimum absolute atomic E-state index is 0.0869. The van der Waals surface area contributed by atoms with E-state index in [4.69, 9.17) is 9.15 Å². The quantitative estimate of drug-likeness (QED) is 0.426. The van der Waals surface area contributed by atoms with Crippen LogP contribution in [-0.4, -0.2) is 42.9 Å². The maximum absolute atomic E-state index is 12.5. The van der Waals surface area contributed by atoms with E-state index < -0.39 is 15.8 Å². The SMILES string of the molecule is Cc1cc(C(=O)COC(=O)/C=C/c2ccco2)c(C)n1[C@H]1CCS(=O)(=O)C1. The third-order valence-corrected chi connectivity index (χ3v) is 6.38. The molecule has 3 heterocycles. The molecule has 7 nitrogen and oxygen atoms in total. The number of Topliss-reactive ketones (excluding diaryl/α,β-unsaturated/α-hetero) is 1. The number of carbonyl (C=O) groups is 2. The van der Waals surface area contributed by atoms with Crippen LogP contribution in [0.3, 0.4) is 0 Å². The zero-order valence-electron chi connectivity index (χ0n) is 15.2. The van der Waals surface area contributed by atoms with Crippen LogP contribution >= 0.6 is 0 Å². The second-order valence-corrected chi connectivity index (χ2v) is 8.82. The molecule has 8 heteroatoms. The van der Waals surface area contributed by atoms with Gasteiger partial charge in [0.25, 0.3) is 0 Å². The van der Waals surface area contributed by atoms with Crippen molar-refractivity contribution in [2.45, 2.75) is 26.3 Å². The lowest BCUT2D eigenvalue weighted by Gasteiger charge is -2.16. The maximum Gasteiger partial charge on any atom is 0.331 e. The molecule has 2 aromatic rings. The molecular formula is C19H21NO6S. The molecule has 3 rings (SSSR count). The Balaban J connectivity index is 1.65. The fraction of sp³-hybridized carbons (Fsp3) is 0.368. The minimum atomic E-state index is -3.02. The standard InChI is InChI=1S/C19H21NO6S/c1-13-10-17(14(2)20(13)15-7-9-27(23,24)12-15)18(21)11-26-19(22)6-5-16-4-3-8-25-16/h3-6,8,10,15H,7,9,11-12H2,1-2H3/b6-5+/t15-/m0/s1. The topological polar surface area (TPSA) is 95.6 Å². The lowest BCUT2D eigenvalue weighted by Crippen LogP contribution is -2.16. The molecule has 0 aromatic carbocycles. The van der Waals surface area contributed by atoms with Gasteiger partial charge in [0.1, 0.15) is 5.76 Å². The molecule has 1 atom stereocenters. The maximum atomic E-state index is 12.5. The average molecular weight is 391 g/mol. The van der Waals surface area contributed by atoms with Gasteiger partial charge >= 0.3 is 5.97 Å². The van der Waals surface area contributed by atoms with Crippen LogP contribution in [0.25, 0.3) is 6.08 Å². The predicted octanol–water partition coefficient (Wildman–Crippen LogP) is 2.50. The Morgan fingerprint density at radius 3 is 2.78 bits per heavy atom. The summed E-state index contributed by atoms with van der Waals surface area (Å²) < 4.78 is 35.5. The van der Waals surface area contributed by atoms with Gasteiger partial charge in [0.2, 0.25) is 5.78 Å². The summed E-state index contributed by atoms with van der Waals surface area (Å²) in [7, 11) is -3.02. The Kier molecular flexibility index (Phi) is 5.36. The number of ketones is 1. The number of carbonyl (C=O) groups excluding carboxylic acids is 2. The van der Waals surface area contributed by atoms with Crippen LogP contribution < -0.4 is 0 Å². The highest BCUT2D eigenvalue weighted by Gasteiger charge is 2.31. The first-order valence-electron chi connectivity index (χ1n) is 8.57.